The fourth-order valence-electron chi connectivity index (χ4n) is 1.91. The van der Waals surface area contributed by atoms with Gasteiger partial charge in [0.25, 0.3) is 5.91 Å². The molecule has 0 bridgehead atoms. The number of halogens is 3. The van der Waals surface area contributed by atoms with E-state index in [1.807, 2.05) is 0 Å². The van der Waals surface area contributed by atoms with Crippen LogP contribution in [0.2, 0.25) is 5.02 Å². The van der Waals surface area contributed by atoms with E-state index in [0.717, 1.165) is 24.6 Å². The van der Waals surface area contributed by atoms with Crippen molar-refractivity contribution in [3.63, 3.8) is 0 Å². The molecule has 0 aliphatic rings. The first-order chi connectivity index (χ1) is 9.08. The SMILES string of the molecule is CCCC(CCBr)CNC(=O)c1cc(Cl)ccc1F. The van der Waals surface area contributed by atoms with Crippen molar-refractivity contribution in [2.45, 2.75) is 26.2 Å². The minimum Gasteiger partial charge on any atom is -0.352 e. The first-order valence-corrected chi connectivity index (χ1v) is 7.87. The van der Waals surface area contributed by atoms with E-state index in [-0.39, 0.29) is 5.56 Å². The van der Waals surface area contributed by atoms with Gasteiger partial charge >= 0.3 is 0 Å². The second kappa shape index (κ2) is 8.54. The molecule has 1 aromatic carbocycles. The van der Waals surface area contributed by atoms with Gasteiger partial charge in [0.2, 0.25) is 0 Å². The van der Waals surface area contributed by atoms with Crippen molar-refractivity contribution in [2.75, 3.05) is 11.9 Å². The van der Waals surface area contributed by atoms with Crippen LogP contribution in [0.1, 0.15) is 36.5 Å². The van der Waals surface area contributed by atoms with Gasteiger partial charge in [-0.15, -0.1) is 0 Å². The van der Waals surface area contributed by atoms with Gasteiger partial charge < -0.3 is 5.32 Å². The summed E-state index contributed by atoms with van der Waals surface area (Å²) in [7, 11) is 0. The number of rotatable bonds is 7. The van der Waals surface area contributed by atoms with Crippen molar-refractivity contribution in [3.05, 3.63) is 34.6 Å². The van der Waals surface area contributed by atoms with E-state index in [2.05, 4.69) is 28.2 Å². The summed E-state index contributed by atoms with van der Waals surface area (Å²) in [5, 5.41) is 4.04. The Balaban J connectivity index is 2.61. The molecule has 0 saturated carbocycles. The Morgan fingerprint density at radius 3 is 2.84 bits per heavy atom. The molecule has 1 aromatic rings. The lowest BCUT2D eigenvalue weighted by atomic mass is 10.0. The lowest BCUT2D eigenvalue weighted by molar-refractivity contribution is 0.0942. The number of carbonyl (C=O) groups excluding carboxylic acids is 1. The number of nitrogens with one attached hydrogen (secondary N) is 1. The summed E-state index contributed by atoms with van der Waals surface area (Å²) in [4.78, 5) is 11.9. The molecule has 0 aliphatic heterocycles. The summed E-state index contributed by atoms with van der Waals surface area (Å²) in [6.07, 6.45) is 3.11. The zero-order valence-electron chi connectivity index (χ0n) is 10.9. The molecule has 0 aromatic heterocycles. The van der Waals surface area contributed by atoms with E-state index in [9.17, 15) is 9.18 Å². The Kier molecular flexibility index (Phi) is 7.39. The highest BCUT2D eigenvalue weighted by molar-refractivity contribution is 9.09. The predicted molar refractivity (Wildman–Crippen MR) is 80.6 cm³/mol. The van der Waals surface area contributed by atoms with Crippen molar-refractivity contribution < 1.29 is 9.18 Å². The highest BCUT2D eigenvalue weighted by atomic mass is 79.9. The highest BCUT2D eigenvalue weighted by Crippen LogP contribution is 2.16. The van der Waals surface area contributed by atoms with Crippen LogP contribution in [0, 0.1) is 11.7 Å². The predicted octanol–water partition coefficient (Wildman–Crippen LogP) is 4.41. The maximum Gasteiger partial charge on any atom is 0.254 e. The van der Waals surface area contributed by atoms with E-state index in [0.29, 0.717) is 17.5 Å². The summed E-state index contributed by atoms with van der Waals surface area (Å²) in [6, 6.07) is 3.99. The molecule has 0 saturated heterocycles. The number of alkyl halides is 1. The topological polar surface area (TPSA) is 29.1 Å². The summed E-state index contributed by atoms with van der Waals surface area (Å²) in [5.74, 6) is -0.541. The molecule has 19 heavy (non-hydrogen) atoms. The van der Waals surface area contributed by atoms with Crippen LogP contribution in [0.25, 0.3) is 0 Å². The van der Waals surface area contributed by atoms with Crippen molar-refractivity contribution in [2.24, 2.45) is 5.92 Å². The maximum absolute atomic E-state index is 13.5. The van der Waals surface area contributed by atoms with Crippen LogP contribution in [0.4, 0.5) is 4.39 Å². The Labute approximate surface area is 126 Å². The minimum atomic E-state index is -0.547. The normalized spacial score (nSPS) is 12.2. The number of hydrogen-bond donors (Lipinski definition) is 1. The summed E-state index contributed by atoms with van der Waals surface area (Å²) in [5.41, 5.74) is 0.00147. The number of carbonyl (C=O) groups is 1. The quantitative estimate of drug-likeness (QED) is 0.725. The lowest BCUT2D eigenvalue weighted by Gasteiger charge is -2.15. The molecule has 0 fully saturated rings. The van der Waals surface area contributed by atoms with E-state index >= 15 is 0 Å². The van der Waals surface area contributed by atoms with Crippen LogP contribution < -0.4 is 5.32 Å². The van der Waals surface area contributed by atoms with Gasteiger partial charge in [-0.1, -0.05) is 40.9 Å². The summed E-state index contributed by atoms with van der Waals surface area (Å²) in [6.45, 7) is 2.67. The molecular formula is C14H18BrClFNO. The van der Waals surface area contributed by atoms with Gasteiger partial charge in [0.05, 0.1) is 5.56 Å². The van der Waals surface area contributed by atoms with E-state index in [1.165, 1.54) is 18.2 Å². The fraction of sp³-hybridized carbons (Fsp3) is 0.500. The Bertz CT molecular complexity index is 422. The third kappa shape index (κ3) is 5.49. The van der Waals surface area contributed by atoms with Crippen LogP contribution in [-0.2, 0) is 0 Å². The monoisotopic (exact) mass is 349 g/mol. The molecule has 106 valence electrons. The van der Waals surface area contributed by atoms with Crippen LogP contribution in [0.15, 0.2) is 18.2 Å². The third-order valence-corrected chi connectivity index (χ3v) is 3.63. The van der Waals surface area contributed by atoms with Gasteiger partial charge in [0.15, 0.2) is 0 Å². The Morgan fingerprint density at radius 1 is 1.47 bits per heavy atom. The van der Waals surface area contributed by atoms with Crippen molar-refractivity contribution >= 4 is 33.4 Å². The molecule has 1 rings (SSSR count). The maximum atomic E-state index is 13.5. The van der Waals surface area contributed by atoms with Crippen LogP contribution in [0.3, 0.4) is 0 Å². The second-order valence-electron chi connectivity index (χ2n) is 4.47. The molecular weight excluding hydrogens is 333 g/mol. The fourth-order valence-corrected chi connectivity index (χ4v) is 2.73. The second-order valence-corrected chi connectivity index (χ2v) is 5.70. The van der Waals surface area contributed by atoms with E-state index < -0.39 is 11.7 Å². The van der Waals surface area contributed by atoms with Gasteiger partial charge in [-0.2, -0.15) is 0 Å². The number of hydrogen-bond acceptors (Lipinski definition) is 1. The molecule has 1 N–H and O–H groups in total. The number of amides is 1. The third-order valence-electron chi connectivity index (χ3n) is 2.94. The van der Waals surface area contributed by atoms with Crippen molar-refractivity contribution in [1.29, 1.82) is 0 Å². The first-order valence-electron chi connectivity index (χ1n) is 6.37. The molecule has 1 amide bonds. The molecule has 1 atom stereocenters. The lowest BCUT2D eigenvalue weighted by Crippen LogP contribution is -2.30. The Morgan fingerprint density at radius 2 is 2.21 bits per heavy atom. The molecule has 0 aliphatic carbocycles. The molecule has 5 heteroatoms. The van der Waals surface area contributed by atoms with Crippen molar-refractivity contribution in [3.8, 4) is 0 Å². The van der Waals surface area contributed by atoms with Gasteiger partial charge in [0, 0.05) is 16.9 Å². The molecule has 1 unspecified atom stereocenters. The van der Waals surface area contributed by atoms with Crippen molar-refractivity contribution in [1.82, 2.24) is 5.32 Å². The van der Waals surface area contributed by atoms with Crippen LogP contribution >= 0.6 is 27.5 Å². The molecule has 0 spiro atoms. The molecule has 0 radical (unpaired) electrons. The van der Waals surface area contributed by atoms with Crippen LogP contribution in [0.5, 0.6) is 0 Å². The zero-order chi connectivity index (χ0) is 14.3. The largest absolute Gasteiger partial charge is 0.352 e. The standard InChI is InChI=1S/C14H18BrClFNO/c1-2-3-10(6-7-15)9-18-14(19)12-8-11(16)4-5-13(12)17/h4-5,8,10H,2-3,6-7,9H2,1H3,(H,18,19). The average molecular weight is 351 g/mol. The van der Waals surface area contributed by atoms with Gasteiger partial charge in [-0.05, 0) is 37.0 Å². The molecule has 0 heterocycles. The smallest absolute Gasteiger partial charge is 0.254 e. The van der Waals surface area contributed by atoms with E-state index in [4.69, 9.17) is 11.6 Å². The van der Waals surface area contributed by atoms with Gasteiger partial charge in [0.1, 0.15) is 5.82 Å². The van der Waals surface area contributed by atoms with E-state index in [1.54, 1.807) is 0 Å². The minimum absolute atomic E-state index is 0.00147. The first kappa shape index (κ1) is 16.4. The Hall–Kier alpha value is -0.610. The van der Waals surface area contributed by atoms with Gasteiger partial charge in [-0.3, -0.25) is 4.79 Å². The number of benzene rings is 1. The molecule has 2 nitrogen and oxygen atoms in total. The zero-order valence-corrected chi connectivity index (χ0v) is 13.2. The summed E-state index contributed by atoms with van der Waals surface area (Å²) < 4.78 is 13.5. The average Bonchev–Trinajstić information content (AvgIpc) is 2.39. The van der Waals surface area contributed by atoms with Gasteiger partial charge in [-0.25, -0.2) is 4.39 Å². The van der Waals surface area contributed by atoms with Crippen LogP contribution in [-0.4, -0.2) is 17.8 Å². The summed E-state index contributed by atoms with van der Waals surface area (Å²) >= 11 is 9.17. The highest BCUT2D eigenvalue weighted by Gasteiger charge is 2.14.